The van der Waals surface area contributed by atoms with E-state index in [0.717, 1.165) is 41.8 Å². The molecule has 0 aliphatic rings. The molecule has 8 heteroatoms. The van der Waals surface area contributed by atoms with Crippen molar-refractivity contribution < 1.29 is 4.74 Å². The van der Waals surface area contributed by atoms with Gasteiger partial charge in [0.1, 0.15) is 16.8 Å². The largest absolute Gasteiger partial charge is 0.496 e. The van der Waals surface area contributed by atoms with Gasteiger partial charge in [0.25, 0.3) is 0 Å². The predicted molar refractivity (Wildman–Crippen MR) is 105 cm³/mol. The Bertz CT molecular complexity index is 895. The third kappa shape index (κ3) is 3.83. The summed E-state index contributed by atoms with van der Waals surface area (Å²) >= 11 is 5.98. The third-order valence-corrected chi connectivity index (χ3v) is 4.46. The molecule has 26 heavy (non-hydrogen) atoms. The van der Waals surface area contributed by atoms with Gasteiger partial charge in [0.05, 0.1) is 19.9 Å². The number of ether oxygens (including phenoxy) is 1. The van der Waals surface area contributed by atoms with E-state index in [0.29, 0.717) is 23.8 Å². The monoisotopic (exact) mass is 374 g/mol. The number of benzene rings is 1. The van der Waals surface area contributed by atoms with Crippen molar-refractivity contribution in [3.8, 4) is 5.75 Å². The first-order valence-corrected chi connectivity index (χ1v) is 9.14. The van der Waals surface area contributed by atoms with E-state index in [1.165, 1.54) is 0 Å². The lowest BCUT2D eigenvalue weighted by Gasteiger charge is -2.13. The Hall–Kier alpha value is -2.54. The van der Waals surface area contributed by atoms with E-state index >= 15 is 0 Å². The maximum Gasteiger partial charge on any atom is 0.222 e. The van der Waals surface area contributed by atoms with Crippen molar-refractivity contribution in [2.45, 2.75) is 32.2 Å². The standard InChI is InChI=1S/C18H23ClN6O/c1-3-4-7-21-17-16-14(23-18(20)24-17)10-22-25(16)11-13-8-12(9-19)5-6-15(13)26-2/h5-6,8,10H,3-4,7,9,11H2,1-2H3,(H3,20,21,23,24). The van der Waals surface area contributed by atoms with E-state index in [2.05, 4.69) is 27.3 Å². The molecule has 2 heterocycles. The van der Waals surface area contributed by atoms with Crippen LogP contribution in [-0.4, -0.2) is 33.4 Å². The Morgan fingerprint density at radius 2 is 2.15 bits per heavy atom. The Morgan fingerprint density at radius 1 is 1.31 bits per heavy atom. The van der Waals surface area contributed by atoms with Crippen molar-refractivity contribution in [3.05, 3.63) is 35.5 Å². The highest BCUT2D eigenvalue weighted by Gasteiger charge is 2.14. The molecule has 3 aromatic rings. The molecule has 2 aromatic heterocycles. The minimum absolute atomic E-state index is 0.234. The number of nitrogens with one attached hydrogen (secondary N) is 1. The zero-order chi connectivity index (χ0) is 18.5. The molecule has 1 aromatic carbocycles. The number of unbranched alkanes of at least 4 members (excludes halogenated alkanes) is 1. The second-order valence-corrected chi connectivity index (χ2v) is 6.29. The fraction of sp³-hybridized carbons (Fsp3) is 0.389. The van der Waals surface area contributed by atoms with Crippen LogP contribution in [0.3, 0.4) is 0 Å². The zero-order valence-electron chi connectivity index (χ0n) is 15.0. The van der Waals surface area contributed by atoms with Crippen LogP contribution < -0.4 is 15.8 Å². The summed E-state index contributed by atoms with van der Waals surface area (Å²) in [5.41, 5.74) is 9.40. The fourth-order valence-corrected chi connectivity index (χ4v) is 3.01. The first-order valence-electron chi connectivity index (χ1n) is 8.61. The number of halogens is 1. The van der Waals surface area contributed by atoms with Crippen LogP contribution in [0.25, 0.3) is 11.0 Å². The summed E-state index contributed by atoms with van der Waals surface area (Å²) in [6.07, 6.45) is 3.85. The van der Waals surface area contributed by atoms with E-state index in [4.69, 9.17) is 22.1 Å². The van der Waals surface area contributed by atoms with Gasteiger partial charge < -0.3 is 15.8 Å². The number of alkyl halides is 1. The summed E-state index contributed by atoms with van der Waals surface area (Å²) in [7, 11) is 1.65. The first kappa shape index (κ1) is 18.3. The van der Waals surface area contributed by atoms with Gasteiger partial charge in [0.15, 0.2) is 5.82 Å². The number of rotatable bonds is 8. The maximum absolute atomic E-state index is 5.98. The van der Waals surface area contributed by atoms with Crippen LogP contribution in [0.4, 0.5) is 11.8 Å². The molecule has 0 fully saturated rings. The molecule has 0 unspecified atom stereocenters. The minimum atomic E-state index is 0.234. The number of anilines is 2. The number of nitrogens with two attached hydrogens (primary N) is 1. The van der Waals surface area contributed by atoms with Crippen LogP contribution >= 0.6 is 11.6 Å². The van der Waals surface area contributed by atoms with Crippen molar-refractivity contribution >= 4 is 34.4 Å². The summed E-state index contributed by atoms with van der Waals surface area (Å²) in [5, 5.41) is 7.83. The van der Waals surface area contributed by atoms with Gasteiger partial charge in [-0.3, -0.25) is 4.68 Å². The molecule has 0 amide bonds. The Kier molecular flexibility index (Phi) is 5.78. The molecule has 0 saturated carbocycles. The molecule has 3 N–H and O–H groups in total. The minimum Gasteiger partial charge on any atom is -0.496 e. The molecule has 7 nitrogen and oxygen atoms in total. The van der Waals surface area contributed by atoms with Crippen LogP contribution in [-0.2, 0) is 12.4 Å². The maximum atomic E-state index is 5.98. The molecule has 138 valence electrons. The second-order valence-electron chi connectivity index (χ2n) is 6.03. The summed E-state index contributed by atoms with van der Waals surface area (Å²) in [4.78, 5) is 8.66. The van der Waals surface area contributed by atoms with E-state index in [-0.39, 0.29) is 5.95 Å². The Labute approximate surface area is 157 Å². The number of hydrogen-bond donors (Lipinski definition) is 2. The fourth-order valence-electron chi connectivity index (χ4n) is 2.84. The molecule has 0 aliphatic heterocycles. The average molecular weight is 375 g/mol. The van der Waals surface area contributed by atoms with E-state index in [1.807, 2.05) is 22.9 Å². The molecule has 0 bridgehead atoms. The SMILES string of the molecule is CCCCNc1nc(N)nc2cnn(Cc3cc(CCl)ccc3OC)c12. The van der Waals surface area contributed by atoms with Crippen LogP contribution in [0.1, 0.15) is 30.9 Å². The Balaban J connectivity index is 2.00. The number of nitrogens with zero attached hydrogens (tertiary/aromatic N) is 4. The molecule has 3 rings (SSSR count). The molecule has 0 spiro atoms. The first-order chi connectivity index (χ1) is 12.7. The van der Waals surface area contributed by atoms with Gasteiger partial charge in [-0.2, -0.15) is 10.1 Å². The predicted octanol–water partition coefficient (Wildman–Crippen LogP) is 3.42. The van der Waals surface area contributed by atoms with Gasteiger partial charge >= 0.3 is 0 Å². The van der Waals surface area contributed by atoms with E-state index in [1.54, 1.807) is 13.3 Å². The van der Waals surface area contributed by atoms with Crippen molar-refractivity contribution in [2.75, 3.05) is 24.7 Å². The lowest BCUT2D eigenvalue weighted by Crippen LogP contribution is -2.10. The summed E-state index contributed by atoms with van der Waals surface area (Å²) in [6, 6.07) is 5.91. The van der Waals surface area contributed by atoms with Gasteiger partial charge in [0.2, 0.25) is 5.95 Å². The molecular weight excluding hydrogens is 352 g/mol. The van der Waals surface area contributed by atoms with Gasteiger partial charge in [-0.15, -0.1) is 11.6 Å². The zero-order valence-corrected chi connectivity index (χ0v) is 15.8. The molecule has 0 saturated heterocycles. The molecule has 0 radical (unpaired) electrons. The van der Waals surface area contributed by atoms with Crippen LogP contribution in [0.5, 0.6) is 5.75 Å². The number of aromatic nitrogens is 4. The van der Waals surface area contributed by atoms with Crippen molar-refractivity contribution in [2.24, 2.45) is 0 Å². The van der Waals surface area contributed by atoms with Crippen LogP contribution in [0.15, 0.2) is 24.4 Å². The summed E-state index contributed by atoms with van der Waals surface area (Å²) < 4.78 is 7.34. The Morgan fingerprint density at radius 3 is 2.88 bits per heavy atom. The van der Waals surface area contributed by atoms with Crippen LogP contribution in [0.2, 0.25) is 0 Å². The van der Waals surface area contributed by atoms with Crippen molar-refractivity contribution in [3.63, 3.8) is 0 Å². The summed E-state index contributed by atoms with van der Waals surface area (Å²) in [5.74, 6) is 2.17. The number of methoxy groups -OCH3 is 1. The van der Waals surface area contributed by atoms with Crippen molar-refractivity contribution in [1.82, 2.24) is 19.7 Å². The molecular formula is C18H23ClN6O. The number of hydrogen-bond acceptors (Lipinski definition) is 6. The highest BCUT2D eigenvalue weighted by Crippen LogP contribution is 2.26. The second kappa shape index (κ2) is 8.23. The highest BCUT2D eigenvalue weighted by molar-refractivity contribution is 6.17. The molecule has 0 atom stereocenters. The normalized spacial score (nSPS) is 11.0. The highest BCUT2D eigenvalue weighted by atomic mass is 35.5. The van der Waals surface area contributed by atoms with Gasteiger partial charge in [0, 0.05) is 18.0 Å². The van der Waals surface area contributed by atoms with Gasteiger partial charge in [-0.25, -0.2) is 4.98 Å². The van der Waals surface area contributed by atoms with Crippen LogP contribution in [0, 0.1) is 0 Å². The number of nitrogen functional groups attached to an aromatic ring is 1. The van der Waals surface area contributed by atoms with E-state index < -0.39 is 0 Å². The third-order valence-electron chi connectivity index (χ3n) is 4.15. The van der Waals surface area contributed by atoms with E-state index in [9.17, 15) is 0 Å². The van der Waals surface area contributed by atoms with Crippen molar-refractivity contribution in [1.29, 1.82) is 0 Å². The topological polar surface area (TPSA) is 90.9 Å². The lowest BCUT2D eigenvalue weighted by molar-refractivity contribution is 0.407. The quantitative estimate of drug-likeness (QED) is 0.463. The average Bonchev–Trinajstić information content (AvgIpc) is 3.04. The van der Waals surface area contributed by atoms with Gasteiger partial charge in [-0.05, 0) is 24.1 Å². The smallest absolute Gasteiger partial charge is 0.222 e. The summed E-state index contributed by atoms with van der Waals surface area (Å²) in [6.45, 7) is 3.48. The van der Waals surface area contributed by atoms with Gasteiger partial charge in [-0.1, -0.05) is 19.4 Å². The number of fused-ring (bicyclic) bond motifs is 1. The molecule has 0 aliphatic carbocycles. The lowest BCUT2D eigenvalue weighted by atomic mass is 10.1.